The second kappa shape index (κ2) is 7.72. The molecule has 6 nitrogen and oxygen atoms in total. The zero-order valence-electron chi connectivity index (χ0n) is 17.0. The van der Waals surface area contributed by atoms with Crippen LogP contribution in [0.2, 0.25) is 5.28 Å². The lowest BCUT2D eigenvalue weighted by Gasteiger charge is -2.08. The van der Waals surface area contributed by atoms with Crippen LogP contribution in [0.4, 0.5) is 4.39 Å². The van der Waals surface area contributed by atoms with Crippen molar-refractivity contribution in [2.45, 2.75) is 19.2 Å². The van der Waals surface area contributed by atoms with Crippen LogP contribution < -0.4 is 0 Å². The van der Waals surface area contributed by atoms with Gasteiger partial charge in [-0.25, -0.2) is 21.8 Å². The van der Waals surface area contributed by atoms with Gasteiger partial charge in [-0.3, -0.25) is 0 Å². The molecule has 0 saturated carbocycles. The molecular weight excluding hydrogens is 451 g/mol. The van der Waals surface area contributed by atoms with Crippen LogP contribution >= 0.6 is 11.6 Å². The smallest absolute Gasteiger partial charge is 0.244 e. The summed E-state index contributed by atoms with van der Waals surface area (Å²) in [5.41, 5.74) is 2.81. The van der Waals surface area contributed by atoms with Crippen LogP contribution in [0, 0.1) is 5.82 Å². The van der Waals surface area contributed by atoms with E-state index < -0.39 is 10.0 Å². The first-order valence-corrected chi connectivity index (χ1v) is 12.0. The molecule has 0 bridgehead atoms. The first-order valence-electron chi connectivity index (χ1n) is 9.98. The maximum absolute atomic E-state index is 14.1. The number of halogens is 2. The van der Waals surface area contributed by atoms with Gasteiger partial charge < -0.3 is 4.57 Å². The van der Waals surface area contributed by atoms with Gasteiger partial charge in [-0.05, 0) is 48.4 Å². The molecule has 5 rings (SSSR count). The van der Waals surface area contributed by atoms with Crippen LogP contribution in [0.1, 0.15) is 12.5 Å². The molecule has 0 unspecified atom stereocenters. The van der Waals surface area contributed by atoms with Crippen molar-refractivity contribution < 1.29 is 12.8 Å². The SMILES string of the molecule is CCn1cc(-c2nc(Cl)nc3c2ccn3S(=O)(=O)Cc2ccccc2)c2cc(F)ccc21. The van der Waals surface area contributed by atoms with Crippen molar-refractivity contribution in [1.29, 1.82) is 0 Å². The van der Waals surface area contributed by atoms with E-state index in [1.807, 2.05) is 23.8 Å². The average molecular weight is 469 g/mol. The van der Waals surface area contributed by atoms with Gasteiger partial charge in [0.2, 0.25) is 15.3 Å². The molecule has 0 fully saturated rings. The van der Waals surface area contributed by atoms with Gasteiger partial charge in [-0.1, -0.05) is 30.3 Å². The minimum absolute atomic E-state index is 0.0869. The average Bonchev–Trinajstić information content (AvgIpc) is 3.35. The predicted octanol–water partition coefficient (Wildman–Crippen LogP) is 5.24. The molecule has 0 aliphatic carbocycles. The Morgan fingerprint density at radius 2 is 1.81 bits per heavy atom. The van der Waals surface area contributed by atoms with Gasteiger partial charge in [0, 0.05) is 40.8 Å². The molecule has 0 amide bonds. The zero-order valence-corrected chi connectivity index (χ0v) is 18.6. The van der Waals surface area contributed by atoms with E-state index in [4.69, 9.17) is 11.6 Å². The van der Waals surface area contributed by atoms with Gasteiger partial charge in [-0.15, -0.1) is 0 Å². The Morgan fingerprint density at radius 1 is 1.03 bits per heavy atom. The summed E-state index contributed by atoms with van der Waals surface area (Å²) in [6.45, 7) is 2.66. The topological polar surface area (TPSA) is 69.8 Å². The molecule has 2 aromatic carbocycles. The van der Waals surface area contributed by atoms with Gasteiger partial charge in [0.15, 0.2) is 5.65 Å². The maximum Gasteiger partial charge on any atom is 0.244 e. The molecule has 0 spiro atoms. The maximum atomic E-state index is 14.1. The van der Waals surface area contributed by atoms with E-state index in [1.165, 1.54) is 18.3 Å². The van der Waals surface area contributed by atoms with Crippen molar-refractivity contribution >= 4 is 43.6 Å². The number of rotatable bonds is 5. The van der Waals surface area contributed by atoms with E-state index in [9.17, 15) is 12.8 Å². The molecule has 0 saturated heterocycles. The molecule has 0 atom stereocenters. The number of aromatic nitrogens is 4. The number of nitrogens with zero attached hydrogens (tertiary/aromatic N) is 4. The fraction of sp³-hybridized carbons (Fsp3) is 0.130. The van der Waals surface area contributed by atoms with Gasteiger partial charge >= 0.3 is 0 Å². The monoisotopic (exact) mass is 468 g/mol. The number of aryl methyl sites for hydroxylation is 1. The summed E-state index contributed by atoms with van der Waals surface area (Å²) in [7, 11) is -3.76. The van der Waals surface area contributed by atoms with E-state index in [1.54, 1.807) is 36.4 Å². The van der Waals surface area contributed by atoms with E-state index in [0.29, 0.717) is 34.1 Å². The first kappa shape index (κ1) is 20.7. The largest absolute Gasteiger partial charge is 0.347 e. The van der Waals surface area contributed by atoms with Gasteiger partial charge in [0.25, 0.3) is 0 Å². The highest BCUT2D eigenvalue weighted by Gasteiger charge is 2.22. The molecular formula is C23H18ClFN4O2S. The van der Waals surface area contributed by atoms with Crippen molar-refractivity contribution in [2.24, 2.45) is 0 Å². The summed E-state index contributed by atoms with van der Waals surface area (Å²) >= 11 is 6.22. The summed E-state index contributed by atoms with van der Waals surface area (Å²) < 4.78 is 43.5. The Kier molecular flexibility index (Phi) is 4.98. The Bertz CT molecular complexity index is 1580. The van der Waals surface area contributed by atoms with Crippen LogP contribution in [0.5, 0.6) is 0 Å². The predicted molar refractivity (Wildman–Crippen MR) is 124 cm³/mol. The fourth-order valence-electron chi connectivity index (χ4n) is 3.97. The number of benzene rings is 2. The number of hydrogen-bond donors (Lipinski definition) is 0. The quantitative estimate of drug-likeness (QED) is 0.330. The fourth-order valence-corrected chi connectivity index (χ4v) is 5.54. The van der Waals surface area contributed by atoms with Crippen LogP contribution in [0.15, 0.2) is 67.0 Å². The number of hydrogen-bond acceptors (Lipinski definition) is 4. The van der Waals surface area contributed by atoms with Gasteiger partial charge in [-0.2, -0.15) is 4.98 Å². The van der Waals surface area contributed by atoms with Crippen LogP contribution in [0.25, 0.3) is 33.2 Å². The Labute approximate surface area is 189 Å². The van der Waals surface area contributed by atoms with Crippen molar-refractivity contribution in [1.82, 2.24) is 18.5 Å². The third kappa shape index (κ3) is 3.45. The van der Waals surface area contributed by atoms with E-state index in [-0.39, 0.29) is 22.5 Å². The Hall–Kier alpha value is -3.23. The Morgan fingerprint density at radius 3 is 2.56 bits per heavy atom. The van der Waals surface area contributed by atoms with Crippen molar-refractivity contribution in [3.8, 4) is 11.3 Å². The van der Waals surface area contributed by atoms with Crippen LogP contribution in [-0.2, 0) is 22.3 Å². The summed E-state index contributed by atoms with van der Waals surface area (Å²) in [6, 6.07) is 15.1. The van der Waals surface area contributed by atoms with E-state index >= 15 is 0 Å². The van der Waals surface area contributed by atoms with Crippen molar-refractivity contribution in [3.05, 3.63) is 83.7 Å². The molecule has 9 heteroatoms. The molecule has 0 radical (unpaired) electrons. The van der Waals surface area contributed by atoms with Crippen molar-refractivity contribution in [3.63, 3.8) is 0 Å². The third-order valence-corrected chi connectivity index (χ3v) is 7.18. The lowest BCUT2D eigenvalue weighted by Crippen LogP contribution is -2.14. The summed E-state index contributed by atoms with van der Waals surface area (Å²) in [4.78, 5) is 8.60. The van der Waals surface area contributed by atoms with Crippen LogP contribution in [-0.4, -0.2) is 26.9 Å². The van der Waals surface area contributed by atoms with Crippen LogP contribution in [0.3, 0.4) is 0 Å². The van der Waals surface area contributed by atoms with Crippen molar-refractivity contribution in [2.75, 3.05) is 0 Å². The standard InChI is InChI=1S/C23H18ClFN4O2S/c1-2-28-13-19(18-12-16(25)8-9-20(18)28)21-17-10-11-29(22(17)27-23(24)26-21)32(30,31)14-15-6-4-3-5-7-15/h3-13H,2,14H2,1H3. The lowest BCUT2D eigenvalue weighted by molar-refractivity contribution is 0.588. The van der Waals surface area contributed by atoms with Gasteiger partial charge in [0.05, 0.1) is 11.4 Å². The molecule has 0 aliphatic rings. The molecule has 5 aromatic rings. The molecule has 0 aliphatic heterocycles. The molecule has 3 heterocycles. The number of fused-ring (bicyclic) bond motifs is 2. The third-order valence-electron chi connectivity index (χ3n) is 5.41. The van der Waals surface area contributed by atoms with Gasteiger partial charge in [0.1, 0.15) is 5.82 Å². The molecule has 3 aromatic heterocycles. The lowest BCUT2D eigenvalue weighted by atomic mass is 10.1. The second-order valence-electron chi connectivity index (χ2n) is 7.42. The molecule has 0 N–H and O–H groups in total. The van der Waals surface area contributed by atoms with E-state index in [0.717, 1.165) is 9.49 Å². The van der Waals surface area contributed by atoms with E-state index in [2.05, 4.69) is 9.97 Å². The second-order valence-corrected chi connectivity index (χ2v) is 9.61. The molecule has 32 heavy (non-hydrogen) atoms. The minimum Gasteiger partial charge on any atom is -0.347 e. The normalized spacial score (nSPS) is 12.1. The highest BCUT2D eigenvalue weighted by Crippen LogP contribution is 2.35. The Balaban J connectivity index is 1.72. The minimum atomic E-state index is -3.76. The summed E-state index contributed by atoms with van der Waals surface area (Å²) in [5.74, 6) is -0.554. The highest BCUT2D eigenvalue weighted by atomic mass is 35.5. The first-order chi connectivity index (χ1) is 15.4. The highest BCUT2D eigenvalue weighted by molar-refractivity contribution is 7.89. The summed E-state index contributed by atoms with van der Waals surface area (Å²) in [5, 5.41) is 1.10. The zero-order chi connectivity index (χ0) is 22.5. The summed E-state index contributed by atoms with van der Waals surface area (Å²) in [6.07, 6.45) is 3.33. The molecule has 162 valence electrons.